The van der Waals surface area contributed by atoms with E-state index in [2.05, 4.69) is 27.2 Å². The summed E-state index contributed by atoms with van der Waals surface area (Å²) in [4.78, 5) is 5.14. The number of hydrogen-bond donors (Lipinski definition) is 1. The van der Waals surface area contributed by atoms with E-state index in [0.717, 1.165) is 24.2 Å². The molecule has 0 unspecified atom stereocenters. The molecule has 1 aromatic carbocycles. The minimum absolute atomic E-state index is 0.800. The molecule has 0 aliphatic carbocycles. The summed E-state index contributed by atoms with van der Waals surface area (Å²) in [6.45, 7) is 7.00. The lowest BCUT2D eigenvalue weighted by Gasteiger charge is -2.41. The number of nitrogens with one attached hydrogen (secondary N) is 1. The van der Waals surface area contributed by atoms with Crippen molar-refractivity contribution in [3.8, 4) is 0 Å². The number of anilines is 1. The molecule has 4 heteroatoms. The molecule has 0 spiro atoms. The van der Waals surface area contributed by atoms with Crippen LogP contribution in [0.2, 0.25) is 5.02 Å². The Balaban J connectivity index is 1.55. The zero-order valence-electron chi connectivity index (χ0n) is 11.3. The van der Waals surface area contributed by atoms with E-state index >= 15 is 0 Å². The van der Waals surface area contributed by atoms with Gasteiger partial charge in [0.1, 0.15) is 0 Å². The summed E-state index contributed by atoms with van der Waals surface area (Å²) in [5.41, 5.74) is 1.30. The van der Waals surface area contributed by atoms with E-state index in [1.807, 2.05) is 12.1 Å². The molecule has 19 heavy (non-hydrogen) atoms. The molecule has 1 N–H and O–H groups in total. The van der Waals surface area contributed by atoms with E-state index in [1.54, 1.807) is 0 Å². The number of nitrogens with zero attached hydrogens (tertiary/aromatic N) is 2. The molecule has 0 amide bonds. The Morgan fingerprint density at radius 2 is 1.58 bits per heavy atom. The summed E-state index contributed by atoms with van der Waals surface area (Å²) in [6.07, 6.45) is 2.61. The highest BCUT2D eigenvalue weighted by Crippen LogP contribution is 2.21. The van der Waals surface area contributed by atoms with Crippen LogP contribution in [-0.2, 0) is 0 Å². The van der Waals surface area contributed by atoms with Gasteiger partial charge in [-0.1, -0.05) is 11.6 Å². The minimum Gasteiger partial charge on any atom is -0.369 e. The summed E-state index contributed by atoms with van der Waals surface area (Å²) in [7, 11) is 0. The summed E-state index contributed by atoms with van der Waals surface area (Å²) >= 11 is 5.94. The maximum Gasteiger partial charge on any atom is 0.0407 e. The van der Waals surface area contributed by atoms with Crippen molar-refractivity contribution in [2.45, 2.75) is 18.9 Å². The predicted molar refractivity (Wildman–Crippen MR) is 81.1 cm³/mol. The molecule has 0 radical (unpaired) electrons. The smallest absolute Gasteiger partial charge is 0.0407 e. The first-order valence-corrected chi connectivity index (χ1v) is 7.66. The van der Waals surface area contributed by atoms with Crippen LogP contribution in [0.1, 0.15) is 12.8 Å². The first kappa shape index (κ1) is 13.2. The van der Waals surface area contributed by atoms with Crippen molar-refractivity contribution in [1.82, 2.24) is 10.2 Å². The van der Waals surface area contributed by atoms with Gasteiger partial charge in [0.25, 0.3) is 0 Å². The van der Waals surface area contributed by atoms with Crippen molar-refractivity contribution in [1.29, 1.82) is 0 Å². The van der Waals surface area contributed by atoms with Gasteiger partial charge in [0.15, 0.2) is 0 Å². The van der Waals surface area contributed by atoms with Gasteiger partial charge in [-0.2, -0.15) is 0 Å². The van der Waals surface area contributed by atoms with Crippen molar-refractivity contribution in [3.05, 3.63) is 29.3 Å². The Hall–Kier alpha value is -0.770. The molecule has 2 fully saturated rings. The Morgan fingerprint density at radius 3 is 2.21 bits per heavy atom. The number of piperazine rings is 1. The van der Waals surface area contributed by atoms with Crippen LogP contribution in [-0.4, -0.2) is 50.2 Å². The molecule has 3 nitrogen and oxygen atoms in total. The third-order valence-electron chi connectivity index (χ3n) is 4.33. The highest BCUT2D eigenvalue weighted by atomic mass is 35.5. The van der Waals surface area contributed by atoms with Crippen LogP contribution >= 0.6 is 11.6 Å². The van der Waals surface area contributed by atoms with Gasteiger partial charge in [0.2, 0.25) is 0 Å². The van der Waals surface area contributed by atoms with Crippen molar-refractivity contribution in [2.75, 3.05) is 44.2 Å². The largest absolute Gasteiger partial charge is 0.369 e. The molecule has 2 aliphatic heterocycles. The van der Waals surface area contributed by atoms with Gasteiger partial charge < -0.3 is 10.2 Å². The van der Waals surface area contributed by atoms with Crippen LogP contribution in [0.5, 0.6) is 0 Å². The van der Waals surface area contributed by atoms with E-state index in [0.29, 0.717) is 0 Å². The van der Waals surface area contributed by atoms with Gasteiger partial charge in [-0.3, -0.25) is 4.90 Å². The summed E-state index contributed by atoms with van der Waals surface area (Å²) in [5.74, 6) is 0. The highest BCUT2D eigenvalue weighted by Gasteiger charge is 2.24. The number of halogens is 1. The second kappa shape index (κ2) is 6.12. The molecule has 2 saturated heterocycles. The van der Waals surface area contributed by atoms with Gasteiger partial charge in [0.05, 0.1) is 0 Å². The fourth-order valence-electron chi connectivity index (χ4n) is 3.17. The maximum absolute atomic E-state index is 5.94. The van der Waals surface area contributed by atoms with Crippen LogP contribution in [0.15, 0.2) is 24.3 Å². The van der Waals surface area contributed by atoms with Crippen LogP contribution in [0.3, 0.4) is 0 Å². The van der Waals surface area contributed by atoms with E-state index in [1.165, 1.54) is 44.7 Å². The maximum atomic E-state index is 5.94. The number of piperidine rings is 1. The third-order valence-corrected chi connectivity index (χ3v) is 4.58. The lowest BCUT2D eigenvalue weighted by Crippen LogP contribution is -2.52. The zero-order chi connectivity index (χ0) is 13.1. The molecular weight excluding hydrogens is 258 g/mol. The van der Waals surface area contributed by atoms with Gasteiger partial charge in [0, 0.05) is 42.9 Å². The Labute approximate surface area is 120 Å². The summed E-state index contributed by atoms with van der Waals surface area (Å²) in [5, 5.41) is 4.26. The van der Waals surface area contributed by atoms with Crippen molar-refractivity contribution in [2.24, 2.45) is 0 Å². The lowest BCUT2D eigenvalue weighted by atomic mass is 10.0. The first-order chi connectivity index (χ1) is 9.33. The first-order valence-electron chi connectivity index (χ1n) is 7.28. The number of hydrogen-bond acceptors (Lipinski definition) is 3. The van der Waals surface area contributed by atoms with E-state index in [-0.39, 0.29) is 0 Å². The Kier molecular flexibility index (Phi) is 4.26. The fourth-order valence-corrected chi connectivity index (χ4v) is 3.29. The molecule has 0 saturated carbocycles. The van der Waals surface area contributed by atoms with Gasteiger partial charge in [-0.05, 0) is 50.2 Å². The molecule has 0 bridgehead atoms. The Morgan fingerprint density at radius 1 is 0.947 bits per heavy atom. The molecular formula is C15H22ClN3. The molecule has 2 heterocycles. The van der Waals surface area contributed by atoms with Crippen molar-refractivity contribution < 1.29 is 0 Å². The van der Waals surface area contributed by atoms with Crippen molar-refractivity contribution >= 4 is 17.3 Å². The van der Waals surface area contributed by atoms with Gasteiger partial charge in [-0.25, -0.2) is 0 Å². The van der Waals surface area contributed by atoms with E-state index in [9.17, 15) is 0 Å². The van der Waals surface area contributed by atoms with E-state index in [4.69, 9.17) is 11.6 Å². The van der Waals surface area contributed by atoms with Crippen LogP contribution < -0.4 is 10.2 Å². The van der Waals surface area contributed by atoms with Crippen LogP contribution in [0.4, 0.5) is 5.69 Å². The lowest BCUT2D eigenvalue weighted by molar-refractivity contribution is 0.153. The number of benzene rings is 1. The second-order valence-electron chi connectivity index (χ2n) is 5.48. The average molecular weight is 280 g/mol. The van der Waals surface area contributed by atoms with Crippen LogP contribution in [0, 0.1) is 0 Å². The van der Waals surface area contributed by atoms with Crippen LogP contribution in [0.25, 0.3) is 0 Å². The standard InChI is InChI=1S/C15H22ClN3/c16-13-1-3-14(4-2-13)18-9-11-19(12-10-18)15-5-7-17-8-6-15/h1-4,15,17H,5-12H2. The second-order valence-corrected chi connectivity index (χ2v) is 5.92. The van der Waals surface area contributed by atoms with Gasteiger partial charge >= 0.3 is 0 Å². The fraction of sp³-hybridized carbons (Fsp3) is 0.600. The molecule has 3 rings (SSSR count). The highest BCUT2D eigenvalue weighted by molar-refractivity contribution is 6.30. The molecule has 104 valence electrons. The average Bonchev–Trinajstić information content (AvgIpc) is 2.49. The van der Waals surface area contributed by atoms with Gasteiger partial charge in [-0.15, -0.1) is 0 Å². The molecule has 0 atom stereocenters. The normalized spacial score (nSPS) is 22.7. The predicted octanol–water partition coefficient (Wildman–Crippen LogP) is 2.21. The van der Waals surface area contributed by atoms with Crippen molar-refractivity contribution in [3.63, 3.8) is 0 Å². The summed E-state index contributed by atoms with van der Waals surface area (Å²) in [6, 6.07) is 9.02. The van der Waals surface area contributed by atoms with E-state index < -0.39 is 0 Å². The zero-order valence-corrected chi connectivity index (χ0v) is 12.1. The third kappa shape index (κ3) is 3.22. The molecule has 2 aliphatic rings. The minimum atomic E-state index is 0.800. The SMILES string of the molecule is Clc1ccc(N2CCN(C3CCNCC3)CC2)cc1. The number of rotatable bonds is 2. The summed E-state index contributed by atoms with van der Waals surface area (Å²) < 4.78 is 0. The molecule has 0 aromatic heterocycles. The quantitative estimate of drug-likeness (QED) is 0.896. The monoisotopic (exact) mass is 279 g/mol. The Bertz CT molecular complexity index is 392. The molecule has 1 aromatic rings. The topological polar surface area (TPSA) is 18.5 Å².